The van der Waals surface area contributed by atoms with Crippen LogP contribution in [0.25, 0.3) is 10.8 Å². The number of hydrogen-bond acceptors (Lipinski definition) is 2. The summed E-state index contributed by atoms with van der Waals surface area (Å²) in [7, 11) is 0. The van der Waals surface area contributed by atoms with Gasteiger partial charge in [-0.3, -0.25) is 0 Å². The molecule has 0 bridgehead atoms. The number of rotatable bonds is 1. The number of nitroso groups, excluding NO2 is 1. The first kappa shape index (κ1) is 12.4. The zero-order chi connectivity index (χ0) is 10.1. The molecule has 0 aliphatic rings. The minimum absolute atomic E-state index is 0. The fraction of sp³-hybridized carbons (Fsp3) is 0.167. The molecule has 0 fully saturated rings. The van der Waals surface area contributed by atoms with Crippen LogP contribution >= 0.6 is 0 Å². The molecule has 0 saturated heterocycles. The van der Waals surface area contributed by atoms with Gasteiger partial charge in [0.1, 0.15) is 0 Å². The summed E-state index contributed by atoms with van der Waals surface area (Å²) in [6.07, 6.45) is 0. The number of hydrogen-bond donors (Lipinski definition) is 0. The van der Waals surface area contributed by atoms with Gasteiger partial charge in [0.25, 0.3) is 0 Å². The van der Waals surface area contributed by atoms with Crippen molar-refractivity contribution in [2.24, 2.45) is 5.18 Å². The number of fused-ring (bicyclic) bond motifs is 1. The van der Waals surface area contributed by atoms with Crippen LogP contribution in [0.15, 0.2) is 29.4 Å². The van der Waals surface area contributed by atoms with E-state index in [1.54, 1.807) is 12.1 Å². The summed E-state index contributed by atoms with van der Waals surface area (Å²) in [6.45, 7) is 4.12. The molecule has 0 aromatic heterocycles. The fourth-order valence-electron chi connectivity index (χ4n) is 1.55. The maximum absolute atomic E-state index is 10.3. The van der Waals surface area contributed by atoms with E-state index in [1.807, 2.05) is 12.1 Å². The van der Waals surface area contributed by atoms with E-state index in [1.165, 1.54) is 11.1 Å². The van der Waals surface area contributed by atoms with Gasteiger partial charge in [0.15, 0.2) is 0 Å². The fourth-order valence-corrected chi connectivity index (χ4v) is 1.55. The number of aryl methyl sites for hydroxylation is 2. The summed E-state index contributed by atoms with van der Waals surface area (Å²) in [5, 5.41) is 4.98. The van der Waals surface area contributed by atoms with Crippen molar-refractivity contribution in [2.45, 2.75) is 13.8 Å². The number of benzene rings is 2. The summed E-state index contributed by atoms with van der Waals surface area (Å²) in [6, 6.07) is 10.5. The Hall–Kier alpha value is -0.648. The Bertz CT molecular complexity index is 508. The molecule has 1 radical (unpaired) electrons. The number of nitrogens with zero attached hydrogens (tertiary/aromatic N) is 1. The van der Waals surface area contributed by atoms with Gasteiger partial charge >= 0.3 is 31.1 Å². The van der Waals surface area contributed by atoms with Crippen LogP contribution < -0.4 is 0 Å². The summed E-state index contributed by atoms with van der Waals surface area (Å²) >= 11 is 0. The third-order valence-corrected chi connectivity index (χ3v) is 2.54. The monoisotopic (exact) mass is 422 g/mol. The minimum Gasteiger partial charge on any atom is -0.156 e. The summed E-state index contributed by atoms with van der Waals surface area (Å²) in [4.78, 5) is 10.3. The molecule has 0 aliphatic carbocycles. The van der Waals surface area contributed by atoms with E-state index >= 15 is 0 Å². The Balaban J connectivity index is 0.00000112. The van der Waals surface area contributed by atoms with Crippen LogP contribution in [0.1, 0.15) is 11.1 Å². The van der Waals surface area contributed by atoms with Gasteiger partial charge in [-0.05, 0) is 6.92 Å². The summed E-state index contributed by atoms with van der Waals surface area (Å²) in [5.74, 6) is 0. The molecule has 0 aliphatic heterocycles. The second kappa shape index (κ2) is 4.92. The molecular formula is C12H10NOU+2. The van der Waals surface area contributed by atoms with Crippen LogP contribution in [0.4, 0.5) is 5.69 Å². The SMILES string of the molecule is Cc1ccc2cc(N=O)c[c-]c2c1C.[U+3]. The van der Waals surface area contributed by atoms with Crippen molar-refractivity contribution in [2.75, 3.05) is 0 Å². The topological polar surface area (TPSA) is 29.4 Å². The molecule has 3 heteroatoms. The van der Waals surface area contributed by atoms with Crippen molar-refractivity contribution in [1.29, 1.82) is 0 Å². The van der Waals surface area contributed by atoms with Gasteiger partial charge in [-0.2, -0.15) is 4.91 Å². The molecule has 0 saturated carbocycles. The van der Waals surface area contributed by atoms with Crippen molar-refractivity contribution in [3.8, 4) is 0 Å². The van der Waals surface area contributed by atoms with Gasteiger partial charge in [-0.15, -0.1) is 34.5 Å². The molecule has 15 heavy (non-hydrogen) atoms. The molecular weight excluding hydrogens is 412 g/mol. The van der Waals surface area contributed by atoms with E-state index in [9.17, 15) is 4.91 Å². The smallest absolute Gasteiger partial charge is 0.156 e. The second-order valence-corrected chi connectivity index (χ2v) is 3.42. The van der Waals surface area contributed by atoms with Gasteiger partial charge in [-0.25, -0.2) is 0 Å². The van der Waals surface area contributed by atoms with Crippen molar-refractivity contribution in [3.63, 3.8) is 0 Å². The Morgan fingerprint density at radius 2 is 2.00 bits per heavy atom. The first-order valence-electron chi connectivity index (χ1n) is 4.47. The van der Waals surface area contributed by atoms with Gasteiger partial charge in [-0.1, -0.05) is 29.8 Å². The molecule has 0 spiro atoms. The maximum atomic E-state index is 10.3. The zero-order valence-corrected chi connectivity index (χ0v) is 12.8. The van der Waals surface area contributed by atoms with Crippen LogP contribution in [0.3, 0.4) is 0 Å². The average Bonchev–Trinajstić information content (AvgIpc) is 2.23. The second-order valence-electron chi connectivity index (χ2n) is 3.42. The van der Waals surface area contributed by atoms with E-state index < -0.39 is 0 Å². The quantitative estimate of drug-likeness (QED) is 0.510. The normalized spacial score (nSPS) is 9.73. The molecule has 0 atom stereocenters. The first-order valence-corrected chi connectivity index (χ1v) is 4.47. The van der Waals surface area contributed by atoms with Gasteiger partial charge in [0.05, 0.1) is 0 Å². The Morgan fingerprint density at radius 1 is 1.27 bits per heavy atom. The largest absolute Gasteiger partial charge is 3.00 e. The van der Waals surface area contributed by atoms with E-state index in [0.717, 1.165) is 10.8 Å². The van der Waals surface area contributed by atoms with Crippen molar-refractivity contribution >= 4 is 16.5 Å². The Labute approximate surface area is 112 Å². The molecule has 0 heterocycles. The van der Waals surface area contributed by atoms with Crippen LogP contribution in [0, 0.1) is 55.9 Å². The zero-order valence-electron chi connectivity index (χ0n) is 8.66. The van der Waals surface area contributed by atoms with Crippen molar-refractivity contribution < 1.29 is 31.1 Å². The molecule has 0 N–H and O–H groups in total. The van der Waals surface area contributed by atoms with Crippen molar-refractivity contribution in [3.05, 3.63) is 46.4 Å². The molecule has 2 nitrogen and oxygen atoms in total. The molecule has 71 valence electrons. The third kappa shape index (κ3) is 2.30. The minimum atomic E-state index is 0. The predicted molar refractivity (Wildman–Crippen MR) is 57.7 cm³/mol. The molecule has 2 aromatic rings. The van der Waals surface area contributed by atoms with E-state index in [2.05, 4.69) is 25.1 Å². The Kier molecular flexibility index (Phi) is 4.07. The standard InChI is InChI=1S/C12H10NO.U/c1-8-3-4-10-7-11(13-14)5-6-12(10)9(8)2;/h3-5,7H,1-2H3;/q-1;+3. The van der Waals surface area contributed by atoms with Crippen molar-refractivity contribution in [1.82, 2.24) is 0 Å². The average molecular weight is 422 g/mol. The first-order chi connectivity index (χ1) is 6.72. The van der Waals surface area contributed by atoms with E-state index in [4.69, 9.17) is 0 Å². The van der Waals surface area contributed by atoms with Gasteiger partial charge in [0.2, 0.25) is 0 Å². The van der Waals surface area contributed by atoms with Crippen LogP contribution in [0.2, 0.25) is 0 Å². The van der Waals surface area contributed by atoms with E-state index in [0.29, 0.717) is 5.69 Å². The molecule has 0 unspecified atom stereocenters. The van der Waals surface area contributed by atoms with Crippen LogP contribution in [0.5, 0.6) is 0 Å². The summed E-state index contributed by atoms with van der Waals surface area (Å²) < 4.78 is 0. The van der Waals surface area contributed by atoms with Gasteiger partial charge in [0, 0.05) is 5.69 Å². The molecule has 2 rings (SSSR count). The van der Waals surface area contributed by atoms with Gasteiger partial charge < -0.3 is 0 Å². The summed E-state index contributed by atoms with van der Waals surface area (Å²) in [5.41, 5.74) is 2.88. The predicted octanol–water partition coefficient (Wildman–Crippen LogP) is 3.65. The maximum Gasteiger partial charge on any atom is 3.00 e. The van der Waals surface area contributed by atoms with Crippen LogP contribution in [-0.2, 0) is 0 Å². The Morgan fingerprint density at radius 3 is 2.67 bits per heavy atom. The third-order valence-electron chi connectivity index (χ3n) is 2.54. The van der Waals surface area contributed by atoms with Crippen LogP contribution in [-0.4, -0.2) is 0 Å². The van der Waals surface area contributed by atoms with E-state index in [-0.39, 0.29) is 31.1 Å². The molecule has 2 aromatic carbocycles. The molecule has 0 amide bonds.